The molecule has 0 fully saturated rings. The van der Waals surface area contributed by atoms with Crippen molar-refractivity contribution in [2.24, 2.45) is 0 Å². The highest BCUT2D eigenvalue weighted by Crippen LogP contribution is 2.16. The molecule has 0 atom stereocenters. The van der Waals surface area contributed by atoms with Crippen LogP contribution < -0.4 is 0 Å². The maximum absolute atomic E-state index is 11.9. The van der Waals surface area contributed by atoms with Gasteiger partial charge in [0.1, 0.15) is 0 Å². The highest BCUT2D eigenvalue weighted by molar-refractivity contribution is 7.90. The molecule has 7 nitrogen and oxygen atoms in total. The molecule has 0 aliphatic heterocycles. The Bertz CT molecular complexity index is 736. The van der Waals surface area contributed by atoms with Crippen LogP contribution in [0.3, 0.4) is 0 Å². The lowest BCUT2D eigenvalue weighted by atomic mass is 10.2. The molecular formula is C12H12N2O5S. The van der Waals surface area contributed by atoms with E-state index in [-0.39, 0.29) is 23.0 Å². The molecule has 1 aromatic heterocycles. The molecule has 2 rings (SSSR count). The Morgan fingerprint density at radius 1 is 1.35 bits per heavy atom. The number of ether oxygens (including phenoxy) is 1. The molecule has 0 amide bonds. The molecule has 106 valence electrons. The average Bonchev–Trinajstić information content (AvgIpc) is 2.81. The predicted octanol–water partition coefficient (Wildman–Crippen LogP) is 1.14. The molecule has 1 aromatic carbocycles. The van der Waals surface area contributed by atoms with Crippen molar-refractivity contribution in [3.63, 3.8) is 0 Å². The number of aryl methyl sites for hydroxylation is 1. The number of aromatic nitrogens is 2. The standard InChI is InChI=1S/C12H12N2O5S/c1-8-13-11(19-14-8)7-18-12(15)9-5-3-4-6-10(9)20(2,16)17/h3-6H,7H2,1-2H3. The highest BCUT2D eigenvalue weighted by Gasteiger charge is 2.19. The molecule has 0 aliphatic rings. The van der Waals surface area contributed by atoms with Crippen molar-refractivity contribution in [1.82, 2.24) is 10.1 Å². The molecule has 0 spiro atoms. The molecule has 0 N–H and O–H groups in total. The number of hydrogen-bond acceptors (Lipinski definition) is 7. The lowest BCUT2D eigenvalue weighted by molar-refractivity contribution is 0.0425. The zero-order valence-electron chi connectivity index (χ0n) is 10.9. The van der Waals surface area contributed by atoms with Gasteiger partial charge < -0.3 is 9.26 Å². The van der Waals surface area contributed by atoms with E-state index in [2.05, 4.69) is 10.1 Å². The van der Waals surface area contributed by atoms with Gasteiger partial charge in [-0.2, -0.15) is 4.98 Å². The minimum atomic E-state index is -3.51. The second kappa shape index (κ2) is 5.41. The molecule has 0 aliphatic carbocycles. The number of rotatable bonds is 4. The van der Waals surface area contributed by atoms with Crippen molar-refractivity contribution in [2.75, 3.05) is 6.26 Å². The van der Waals surface area contributed by atoms with Crippen molar-refractivity contribution < 1.29 is 22.5 Å². The quantitative estimate of drug-likeness (QED) is 0.780. The van der Waals surface area contributed by atoms with Gasteiger partial charge in [0.15, 0.2) is 22.3 Å². The van der Waals surface area contributed by atoms with Crippen LogP contribution in [0.2, 0.25) is 0 Å². The van der Waals surface area contributed by atoms with E-state index in [9.17, 15) is 13.2 Å². The third-order valence-corrected chi connectivity index (χ3v) is 3.56. The van der Waals surface area contributed by atoms with Crippen LogP contribution in [0.1, 0.15) is 22.1 Å². The summed E-state index contributed by atoms with van der Waals surface area (Å²) in [6.45, 7) is 1.42. The maximum atomic E-state index is 11.9. The minimum Gasteiger partial charge on any atom is -0.452 e. The maximum Gasteiger partial charge on any atom is 0.339 e. The van der Waals surface area contributed by atoms with E-state index in [0.29, 0.717) is 5.82 Å². The first-order valence-corrected chi connectivity index (χ1v) is 7.52. The van der Waals surface area contributed by atoms with Crippen LogP contribution in [0.4, 0.5) is 0 Å². The summed E-state index contributed by atoms with van der Waals surface area (Å²) in [7, 11) is -3.51. The molecule has 0 bridgehead atoms. The van der Waals surface area contributed by atoms with Crippen molar-refractivity contribution >= 4 is 15.8 Å². The summed E-state index contributed by atoms with van der Waals surface area (Å²) in [6, 6.07) is 5.83. The second-order valence-corrected chi connectivity index (χ2v) is 6.06. The topological polar surface area (TPSA) is 99.4 Å². The number of hydrogen-bond donors (Lipinski definition) is 0. The third kappa shape index (κ3) is 3.21. The first kappa shape index (κ1) is 14.2. The van der Waals surface area contributed by atoms with Gasteiger partial charge in [-0.15, -0.1) is 0 Å². The molecule has 1 heterocycles. The van der Waals surface area contributed by atoms with Gasteiger partial charge in [-0.05, 0) is 19.1 Å². The van der Waals surface area contributed by atoms with Gasteiger partial charge >= 0.3 is 5.97 Å². The van der Waals surface area contributed by atoms with E-state index < -0.39 is 15.8 Å². The number of esters is 1. The Labute approximate surface area is 115 Å². The molecule has 0 radical (unpaired) electrons. The van der Waals surface area contributed by atoms with E-state index in [1.165, 1.54) is 18.2 Å². The Hall–Kier alpha value is -2.22. The van der Waals surface area contributed by atoms with Crippen molar-refractivity contribution in [1.29, 1.82) is 0 Å². The zero-order chi connectivity index (χ0) is 14.8. The smallest absolute Gasteiger partial charge is 0.339 e. The van der Waals surface area contributed by atoms with Gasteiger partial charge in [0.05, 0.1) is 10.5 Å². The van der Waals surface area contributed by atoms with E-state index in [1.54, 1.807) is 13.0 Å². The SMILES string of the molecule is Cc1noc(COC(=O)c2ccccc2S(C)(=O)=O)n1. The number of nitrogens with zero attached hydrogens (tertiary/aromatic N) is 2. The van der Waals surface area contributed by atoms with E-state index in [0.717, 1.165) is 6.26 Å². The Morgan fingerprint density at radius 2 is 2.05 bits per heavy atom. The summed E-state index contributed by atoms with van der Waals surface area (Å²) in [6.07, 6.45) is 1.03. The van der Waals surface area contributed by atoms with Crippen LogP contribution in [0.5, 0.6) is 0 Å². The number of sulfone groups is 1. The Balaban J connectivity index is 2.18. The van der Waals surface area contributed by atoms with E-state index in [4.69, 9.17) is 9.26 Å². The first-order chi connectivity index (χ1) is 9.38. The molecular weight excluding hydrogens is 284 g/mol. The van der Waals surface area contributed by atoms with Crippen LogP contribution >= 0.6 is 0 Å². The van der Waals surface area contributed by atoms with E-state index in [1.807, 2.05) is 0 Å². The normalized spacial score (nSPS) is 11.3. The Kier molecular flexibility index (Phi) is 3.84. The van der Waals surface area contributed by atoms with E-state index >= 15 is 0 Å². The number of benzene rings is 1. The van der Waals surface area contributed by atoms with Crippen LogP contribution in [0.15, 0.2) is 33.7 Å². The van der Waals surface area contributed by atoms with Crippen LogP contribution in [0, 0.1) is 6.92 Å². The molecule has 0 saturated carbocycles. The zero-order valence-corrected chi connectivity index (χ0v) is 11.7. The van der Waals surface area contributed by atoms with Crippen molar-refractivity contribution in [2.45, 2.75) is 18.4 Å². The van der Waals surface area contributed by atoms with Gasteiger partial charge in [-0.1, -0.05) is 17.3 Å². The summed E-state index contributed by atoms with van der Waals surface area (Å²) in [5, 5.41) is 3.55. The molecule has 8 heteroatoms. The fourth-order valence-electron chi connectivity index (χ4n) is 1.56. The minimum absolute atomic E-state index is 0.0220. The molecule has 0 unspecified atom stereocenters. The summed E-state index contributed by atoms with van der Waals surface area (Å²) < 4.78 is 32.9. The van der Waals surface area contributed by atoms with Crippen LogP contribution in [0.25, 0.3) is 0 Å². The van der Waals surface area contributed by atoms with Gasteiger partial charge in [-0.25, -0.2) is 13.2 Å². The molecule has 0 saturated heterocycles. The van der Waals surface area contributed by atoms with Gasteiger partial charge in [0.25, 0.3) is 5.89 Å². The summed E-state index contributed by atoms with van der Waals surface area (Å²) >= 11 is 0. The van der Waals surface area contributed by atoms with Gasteiger partial charge in [0.2, 0.25) is 0 Å². The monoisotopic (exact) mass is 296 g/mol. The average molecular weight is 296 g/mol. The molecule has 2 aromatic rings. The second-order valence-electron chi connectivity index (χ2n) is 4.08. The summed E-state index contributed by atoms with van der Waals surface area (Å²) in [5.74, 6) is -0.192. The van der Waals surface area contributed by atoms with Gasteiger partial charge in [-0.3, -0.25) is 0 Å². The lowest BCUT2D eigenvalue weighted by Crippen LogP contribution is -2.11. The predicted molar refractivity (Wildman–Crippen MR) is 67.7 cm³/mol. The highest BCUT2D eigenvalue weighted by atomic mass is 32.2. The van der Waals surface area contributed by atoms with Gasteiger partial charge in [0, 0.05) is 6.26 Å². The fraction of sp³-hybridized carbons (Fsp3) is 0.250. The first-order valence-electron chi connectivity index (χ1n) is 5.63. The van der Waals surface area contributed by atoms with Crippen molar-refractivity contribution in [3.8, 4) is 0 Å². The number of carbonyl (C=O) groups is 1. The third-order valence-electron chi connectivity index (χ3n) is 2.40. The fourth-order valence-corrected chi connectivity index (χ4v) is 2.44. The Morgan fingerprint density at radius 3 is 2.65 bits per heavy atom. The summed E-state index contributed by atoms with van der Waals surface area (Å²) in [5.41, 5.74) is -0.0220. The summed E-state index contributed by atoms with van der Waals surface area (Å²) in [4.78, 5) is 15.7. The van der Waals surface area contributed by atoms with Crippen LogP contribution in [-0.2, 0) is 21.2 Å². The largest absolute Gasteiger partial charge is 0.452 e. The van der Waals surface area contributed by atoms with Crippen molar-refractivity contribution in [3.05, 3.63) is 41.5 Å². The van der Waals surface area contributed by atoms with Crippen LogP contribution in [-0.4, -0.2) is 30.8 Å². The lowest BCUT2D eigenvalue weighted by Gasteiger charge is -2.06. The molecule has 20 heavy (non-hydrogen) atoms. The number of carbonyl (C=O) groups excluding carboxylic acids is 1.